The van der Waals surface area contributed by atoms with Gasteiger partial charge in [-0.1, -0.05) is 11.6 Å². The monoisotopic (exact) mass is 305 g/mol. The van der Waals surface area contributed by atoms with Crippen LogP contribution in [0.3, 0.4) is 0 Å². The average Bonchev–Trinajstić information content (AvgIpc) is 2.56. The number of ether oxygens (including phenoxy) is 1. The molecule has 2 aromatic heterocycles. The highest BCUT2D eigenvalue weighted by Gasteiger charge is 2.21. The lowest BCUT2D eigenvalue weighted by atomic mass is 10.3. The second-order valence-corrected chi connectivity index (χ2v) is 5.09. The van der Waals surface area contributed by atoms with E-state index >= 15 is 0 Å². The van der Waals surface area contributed by atoms with Crippen molar-refractivity contribution in [3.05, 3.63) is 35.6 Å². The molecule has 3 rings (SSSR count). The fourth-order valence-electron chi connectivity index (χ4n) is 2.33. The molecule has 21 heavy (non-hydrogen) atoms. The van der Waals surface area contributed by atoms with E-state index in [1.54, 1.807) is 25.6 Å². The van der Waals surface area contributed by atoms with E-state index in [0.29, 0.717) is 16.9 Å². The second-order valence-electron chi connectivity index (χ2n) is 4.68. The van der Waals surface area contributed by atoms with Crippen LogP contribution in [0.25, 0.3) is 0 Å². The molecule has 1 aliphatic rings. The molecule has 1 aliphatic heterocycles. The van der Waals surface area contributed by atoms with Crippen molar-refractivity contribution in [3.63, 3.8) is 0 Å². The van der Waals surface area contributed by atoms with Crippen molar-refractivity contribution in [1.29, 1.82) is 0 Å². The quantitative estimate of drug-likeness (QED) is 0.863. The van der Waals surface area contributed by atoms with Crippen LogP contribution in [-0.4, -0.2) is 48.2 Å². The maximum absolute atomic E-state index is 6.19. The highest BCUT2D eigenvalue weighted by Crippen LogP contribution is 2.24. The fourth-order valence-corrected chi connectivity index (χ4v) is 2.57. The first kappa shape index (κ1) is 13.9. The highest BCUT2D eigenvalue weighted by molar-refractivity contribution is 6.32. The van der Waals surface area contributed by atoms with Crippen molar-refractivity contribution in [3.8, 4) is 5.88 Å². The highest BCUT2D eigenvalue weighted by atomic mass is 35.5. The van der Waals surface area contributed by atoms with Crippen molar-refractivity contribution in [1.82, 2.24) is 15.0 Å². The summed E-state index contributed by atoms with van der Waals surface area (Å²) in [5.74, 6) is 2.11. The number of aromatic nitrogens is 3. The number of hydrogen-bond donors (Lipinski definition) is 0. The molecule has 0 atom stereocenters. The van der Waals surface area contributed by atoms with Gasteiger partial charge in [-0.25, -0.2) is 9.97 Å². The summed E-state index contributed by atoms with van der Waals surface area (Å²) in [5, 5.41) is 0.684. The molecule has 3 heterocycles. The van der Waals surface area contributed by atoms with Crippen LogP contribution in [0.5, 0.6) is 5.88 Å². The van der Waals surface area contributed by atoms with Gasteiger partial charge in [-0.3, -0.25) is 0 Å². The predicted octanol–water partition coefficient (Wildman–Crippen LogP) is 1.86. The van der Waals surface area contributed by atoms with Crippen LogP contribution >= 0.6 is 11.6 Å². The zero-order valence-corrected chi connectivity index (χ0v) is 12.5. The van der Waals surface area contributed by atoms with Gasteiger partial charge >= 0.3 is 0 Å². The largest absolute Gasteiger partial charge is 0.481 e. The number of rotatable bonds is 3. The molecule has 0 unspecified atom stereocenters. The summed E-state index contributed by atoms with van der Waals surface area (Å²) in [5.41, 5.74) is 0. The van der Waals surface area contributed by atoms with E-state index in [1.165, 1.54) is 0 Å². The van der Waals surface area contributed by atoms with E-state index in [1.807, 2.05) is 12.1 Å². The number of methoxy groups -OCH3 is 1. The van der Waals surface area contributed by atoms with E-state index < -0.39 is 0 Å². The first-order valence-electron chi connectivity index (χ1n) is 6.75. The van der Waals surface area contributed by atoms with Gasteiger partial charge in [0, 0.05) is 44.6 Å². The Morgan fingerprint density at radius 3 is 2.52 bits per heavy atom. The lowest BCUT2D eigenvalue weighted by Crippen LogP contribution is -2.47. The Bertz CT molecular complexity index is 616. The lowest BCUT2D eigenvalue weighted by molar-refractivity contribution is 0.396. The third-order valence-corrected chi connectivity index (χ3v) is 3.72. The second kappa shape index (κ2) is 6.13. The summed E-state index contributed by atoms with van der Waals surface area (Å²) < 4.78 is 5.14. The number of nitrogens with zero attached hydrogens (tertiary/aromatic N) is 5. The third-order valence-electron chi connectivity index (χ3n) is 3.43. The number of anilines is 2. The Labute approximate surface area is 128 Å². The van der Waals surface area contributed by atoms with Crippen LogP contribution in [0, 0.1) is 0 Å². The number of piperazine rings is 1. The van der Waals surface area contributed by atoms with Gasteiger partial charge < -0.3 is 14.5 Å². The van der Waals surface area contributed by atoms with Crippen molar-refractivity contribution in [2.24, 2.45) is 0 Å². The Hall–Kier alpha value is -2.08. The minimum Gasteiger partial charge on any atom is -0.481 e. The van der Waals surface area contributed by atoms with Gasteiger partial charge in [0.15, 0.2) is 0 Å². The molecule has 110 valence electrons. The minimum atomic E-state index is 0.579. The molecule has 0 aliphatic carbocycles. The van der Waals surface area contributed by atoms with Gasteiger partial charge in [0.2, 0.25) is 11.8 Å². The lowest BCUT2D eigenvalue weighted by Gasteiger charge is -2.35. The molecule has 1 fully saturated rings. The molecule has 0 bridgehead atoms. The Morgan fingerprint density at radius 2 is 1.81 bits per heavy atom. The summed E-state index contributed by atoms with van der Waals surface area (Å²) >= 11 is 6.19. The smallest absolute Gasteiger partial charge is 0.228 e. The molecule has 0 spiro atoms. The molecule has 1 saturated heterocycles. The standard InChI is InChI=1S/C14H16ClN5O/c1-21-12-4-6-17-14(18-12)20-9-7-19(8-10-20)13-11(15)3-2-5-16-13/h2-6H,7-10H2,1H3. The van der Waals surface area contributed by atoms with Crippen molar-refractivity contribution >= 4 is 23.4 Å². The fraction of sp³-hybridized carbons (Fsp3) is 0.357. The Morgan fingerprint density at radius 1 is 1.05 bits per heavy atom. The molecule has 0 amide bonds. The van der Waals surface area contributed by atoms with Crippen LogP contribution in [0.15, 0.2) is 30.6 Å². The SMILES string of the molecule is COc1ccnc(N2CCN(c3ncccc3Cl)CC2)n1. The molecule has 2 aromatic rings. The van der Waals surface area contributed by atoms with Gasteiger partial charge in [-0.05, 0) is 12.1 Å². The summed E-state index contributed by atoms with van der Waals surface area (Å²) in [7, 11) is 1.60. The molecule has 0 saturated carbocycles. The van der Waals surface area contributed by atoms with Crippen LogP contribution < -0.4 is 14.5 Å². The summed E-state index contributed by atoms with van der Waals surface area (Å²) in [6, 6.07) is 5.45. The van der Waals surface area contributed by atoms with Gasteiger partial charge in [-0.2, -0.15) is 4.98 Å². The summed E-state index contributed by atoms with van der Waals surface area (Å²) in [6.07, 6.45) is 3.47. The van der Waals surface area contributed by atoms with Crippen molar-refractivity contribution in [2.75, 3.05) is 43.1 Å². The summed E-state index contributed by atoms with van der Waals surface area (Å²) in [6.45, 7) is 3.30. The maximum atomic E-state index is 6.19. The number of halogens is 1. The predicted molar refractivity (Wildman–Crippen MR) is 82.3 cm³/mol. The summed E-state index contributed by atoms with van der Waals surface area (Å²) in [4.78, 5) is 17.3. The third kappa shape index (κ3) is 3.00. The maximum Gasteiger partial charge on any atom is 0.228 e. The zero-order valence-electron chi connectivity index (χ0n) is 11.7. The molecule has 0 aromatic carbocycles. The van der Waals surface area contributed by atoms with E-state index in [-0.39, 0.29) is 0 Å². The minimum absolute atomic E-state index is 0.579. The first-order chi connectivity index (χ1) is 10.3. The van der Waals surface area contributed by atoms with E-state index in [0.717, 1.165) is 32.0 Å². The van der Waals surface area contributed by atoms with E-state index in [2.05, 4.69) is 24.8 Å². The van der Waals surface area contributed by atoms with Crippen LogP contribution in [0.2, 0.25) is 5.02 Å². The van der Waals surface area contributed by atoms with Crippen molar-refractivity contribution < 1.29 is 4.74 Å². The molecular weight excluding hydrogens is 290 g/mol. The molecule has 6 nitrogen and oxygen atoms in total. The number of hydrogen-bond acceptors (Lipinski definition) is 6. The zero-order chi connectivity index (χ0) is 14.7. The number of pyridine rings is 1. The molecule has 7 heteroatoms. The van der Waals surface area contributed by atoms with Crippen LogP contribution in [-0.2, 0) is 0 Å². The topological polar surface area (TPSA) is 54.4 Å². The van der Waals surface area contributed by atoms with Gasteiger partial charge in [0.05, 0.1) is 12.1 Å². The Kier molecular flexibility index (Phi) is 4.06. The molecule has 0 radical (unpaired) electrons. The van der Waals surface area contributed by atoms with E-state index in [9.17, 15) is 0 Å². The first-order valence-corrected chi connectivity index (χ1v) is 7.13. The van der Waals surface area contributed by atoms with Gasteiger partial charge in [0.25, 0.3) is 0 Å². The van der Waals surface area contributed by atoms with Crippen LogP contribution in [0.1, 0.15) is 0 Å². The van der Waals surface area contributed by atoms with Gasteiger partial charge in [-0.15, -0.1) is 0 Å². The van der Waals surface area contributed by atoms with E-state index in [4.69, 9.17) is 16.3 Å². The molecular formula is C14H16ClN5O. The molecule has 0 N–H and O–H groups in total. The van der Waals surface area contributed by atoms with Crippen molar-refractivity contribution in [2.45, 2.75) is 0 Å². The Balaban J connectivity index is 1.69. The normalized spacial score (nSPS) is 15.1. The van der Waals surface area contributed by atoms with Crippen LogP contribution in [0.4, 0.5) is 11.8 Å². The average molecular weight is 306 g/mol. The van der Waals surface area contributed by atoms with Gasteiger partial charge in [0.1, 0.15) is 5.82 Å².